The summed E-state index contributed by atoms with van der Waals surface area (Å²) in [6.07, 6.45) is 3.93. The third-order valence-electron chi connectivity index (χ3n) is 4.54. The number of nitrogens with zero attached hydrogens (tertiary/aromatic N) is 3. The fourth-order valence-corrected chi connectivity index (χ4v) is 4.11. The number of aromatic nitrogens is 2. The van der Waals surface area contributed by atoms with Crippen LogP contribution in [0.2, 0.25) is 5.02 Å². The molecular formula is C20H20ClN3O2S. The van der Waals surface area contributed by atoms with E-state index in [4.69, 9.17) is 16.3 Å². The first-order valence-corrected chi connectivity index (χ1v) is 10.2. The molecular weight excluding hydrogens is 382 g/mol. The number of halogens is 1. The zero-order valence-corrected chi connectivity index (χ0v) is 16.3. The minimum absolute atomic E-state index is 0.0836. The molecule has 7 heteroatoms. The Morgan fingerprint density at radius 2 is 2.26 bits per heavy atom. The Kier molecular flexibility index (Phi) is 5.57. The molecule has 1 unspecified atom stereocenters. The van der Waals surface area contributed by atoms with E-state index in [1.807, 2.05) is 46.7 Å². The van der Waals surface area contributed by atoms with E-state index in [9.17, 15) is 4.79 Å². The summed E-state index contributed by atoms with van der Waals surface area (Å²) in [5, 5.41) is 7.13. The molecule has 0 radical (unpaired) electrons. The molecule has 2 aromatic heterocycles. The van der Waals surface area contributed by atoms with E-state index in [0.29, 0.717) is 23.8 Å². The zero-order chi connectivity index (χ0) is 18.6. The minimum atomic E-state index is -0.0836. The highest BCUT2D eigenvalue weighted by atomic mass is 35.5. The average Bonchev–Trinajstić information content (AvgIpc) is 3.43. The van der Waals surface area contributed by atoms with E-state index in [1.165, 1.54) is 0 Å². The number of hydrogen-bond donors (Lipinski definition) is 0. The summed E-state index contributed by atoms with van der Waals surface area (Å²) >= 11 is 7.71. The van der Waals surface area contributed by atoms with Crippen LogP contribution in [-0.2, 0) is 11.3 Å². The molecule has 4 rings (SSSR count). The van der Waals surface area contributed by atoms with Gasteiger partial charge in [-0.3, -0.25) is 4.79 Å². The predicted molar refractivity (Wildman–Crippen MR) is 107 cm³/mol. The van der Waals surface area contributed by atoms with Crippen LogP contribution >= 0.6 is 22.9 Å². The van der Waals surface area contributed by atoms with Crippen molar-refractivity contribution >= 4 is 28.8 Å². The van der Waals surface area contributed by atoms with E-state index >= 15 is 0 Å². The molecule has 140 valence electrons. The molecule has 1 fully saturated rings. The molecule has 1 aliphatic rings. The van der Waals surface area contributed by atoms with Crippen LogP contribution < -0.4 is 0 Å². The highest BCUT2D eigenvalue weighted by Gasteiger charge is 2.25. The van der Waals surface area contributed by atoms with Gasteiger partial charge in [0.15, 0.2) is 5.69 Å². The molecule has 0 N–H and O–H groups in total. The van der Waals surface area contributed by atoms with Crippen LogP contribution in [0.5, 0.6) is 0 Å². The largest absolute Gasteiger partial charge is 0.376 e. The first-order valence-electron chi connectivity index (χ1n) is 8.94. The second-order valence-electron chi connectivity index (χ2n) is 6.53. The van der Waals surface area contributed by atoms with Gasteiger partial charge in [0.2, 0.25) is 0 Å². The van der Waals surface area contributed by atoms with Gasteiger partial charge in [0, 0.05) is 29.2 Å². The van der Waals surface area contributed by atoms with Crippen molar-refractivity contribution in [2.45, 2.75) is 25.5 Å². The molecule has 1 saturated heterocycles. The van der Waals surface area contributed by atoms with E-state index < -0.39 is 0 Å². The maximum Gasteiger partial charge on any atom is 0.274 e. The first kappa shape index (κ1) is 18.2. The lowest BCUT2D eigenvalue weighted by atomic mass is 10.2. The van der Waals surface area contributed by atoms with E-state index in [2.05, 4.69) is 5.10 Å². The number of benzene rings is 1. The summed E-state index contributed by atoms with van der Waals surface area (Å²) in [5.41, 5.74) is 1.25. The van der Waals surface area contributed by atoms with Gasteiger partial charge in [-0.05, 0) is 48.6 Å². The topological polar surface area (TPSA) is 47.4 Å². The Bertz CT molecular complexity index is 904. The summed E-state index contributed by atoms with van der Waals surface area (Å²) in [6.45, 7) is 1.93. The van der Waals surface area contributed by atoms with Crippen molar-refractivity contribution in [2.24, 2.45) is 0 Å². The molecule has 27 heavy (non-hydrogen) atoms. The van der Waals surface area contributed by atoms with Crippen LogP contribution in [0.3, 0.4) is 0 Å². The Morgan fingerprint density at radius 3 is 3.00 bits per heavy atom. The van der Waals surface area contributed by atoms with Crippen LogP contribution in [0.25, 0.3) is 5.69 Å². The van der Waals surface area contributed by atoms with Crippen LogP contribution in [0.15, 0.2) is 54.0 Å². The Morgan fingerprint density at radius 1 is 1.33 bits per heavy atom. The maximum absolute atomic E-state index is 13.1. The molecule has 5 nitrogen and oxygen atoms in total. The summed E-state index contributed by atoms with van der Waals surface area (Å²) in [4.78, 5) is 16.1. The van der Waals surface area contributed by atoms with E-state index in [1.54, 1.807) is 28.3 Å². The van der Waals surface area contributed by atoms with Crippen LogP contribution in [0, 0.1) is 0 Å². The summed E-state index contributed by atoms with van der Waals surface area (Å²) in [6, 6.07) is 13.2. The van der Waals surface area contributed by atoms with Crippen molar-refractivity contribution in [3.63, 3.8) is 0 Å². The fraction of sp³-hybridized carbons (Fsp3) is 0.300. The summed E-state index contributed by atoms with van der Waals surface area (Å²) in [5.74, 6) is -0.0836. The first-order chi connectivity index (χ1) is 13.2. The van der Waals surface area contributed by atoms with Crippen molar-refractivity contribution in [1.82, 2.24) is 14.7 Å². The van der Waals surface area contributed by atoms with Crippen molar-refractivity contribution in [3.8, 4) is 5.69 Å². The molecule has 1 amide bonds. The lowest BCUT2D eigenvalue weighted by molar-refractivity contribution is 0.0505. The van der Waals surface area contributed by atoms with Gasteiger partial charge in [0.1, 0.15) is 0 Å². The highest BCUT2D eigenvalue weighted by Crippen LogP contribution is 2.20. The Labute approximate surface area is 167 Å². The number of hydrogen-bond acceptors (Lipinski definition) is 4. The van der Waals surface area contributed by atoms with E-state index in [-0.39, 0.29) is 12.0 Å². The van der Waals surface area contributed by atoms with Crippen LogP contribution in [0.4, 0.5) is 0 Å². The van der Waals surface area contributed by atoms with Gasteiger partial charge in [0.25, 0.3) is 5.91 Å². The molecule has 0 spiro atoms. The second-order valence-corrected chi connectivity index (χ2v) is 7.99. The van der Waals surface area contributed by atoms with Crippen LogP contribution in [-0.4, -0.2) is 39.8 Å². The van der Waals surface area contributed by atoms with Gasteiger partial charge in [0.05, 0.1) is 18.3 Å². The molecule has 3 heterocycles. The molecule has 1 aromatic carbocycles. The van der Waals surface area contributed by atoms with Gasteiger partial charge >= 0.3 is 0 Å². The third kappa shape index (κ3) is 4.40. The van der Waals surface area contributed by atoms with Crippen molar-refractivity contribution in [2.75, 3.05) is 13.2 Å². The molecule has 1 aliphatic heterocycles. The Balaban J connectivity index is 1.55. The van der Waals surface area contributed by atoms with Gasteiger partial charge in [-0.1, -0.05) is 23.7 Å². The highest BCUT2D eigenvalue weighted by molar-refractivity contribution is 7.09. The normalized spacial score (nSPS) is 16.6. The van der Waals surface area contributed by atoms with Crippen molar-refractivity contribution in [3.05, 3.63) is 69.6 Å². The monoisotopic (exact) mass is 401 g/mol. The molecule has 3 aromatic rings. The van der Waals surface area contributed by atoms with Crippen molar-refractivity contribution < 1.29 is 9.53 Å². The number of rotatable bonds is 6. The van der Waals surface area contributed by atoms with E-state index in [0.717, 1.165) is 30.0 Å². The molecule has 0 aliphatic carbocycles. The lowest BCUT2D eigenvalue weighted by Crippen LogP contribution is -2.37. The van der Waals surface area contributed by atoms with Gasteiger partial charge < -0.3 is 9.64 Å². The van der Waals surface area contributed by atoms with Crippen LogP contribution in [0.1, 0.15) is 28.2 Å². The zero-order valence-electron chi connectivity index (χ0n) is 14.8. The third-order valence-corrected chi connectivity index (χ3v) is 5.64. The van der Waals surface area contributed by atoms with Gasteiger partial charge in [-0.15, -0.1) is 11.3 Å². The molecule has 0 saturated carbocycles. The molecule has 1 atom stereocenters. The average molecular weight is 402 g/mol. The Hall–Kier alpha value is -2.15. The number of carbonyl (C=O) groups is 1. The van der Waals surface area contributed by atoms with Crippen molar-refractivity contribution in [1.29, 1.82) is 0 Å². The number of ether oxygens (including phenoxy) is 1. The minimum Gasteiger partial charge on any atom is -0.376 e. The maximum atomic E-state index is 13.1. The second kappa shape index (κ2) is 8.25. The lowest BCUT2D eigenvalue weighted by Gasteiger charge is -2.24. The summed E-state index contributed by atoms with van der Waals surface area (Å²) in [7, 11) is 0. The van der Waals surface area contributed by atoms with Gasteiger partial charge in [-0.2, -0.15) is 5.10 Å². The quantitative estimate of drug-likeness (QED) is 0.614. The smallest absolute Gasteiger partial charge is 0.274 e. The molecule has 0 bridgehead atoms. The summed E-state index contributed by atoms with van der Waals surface area (Å²) < 4.78 is 7.42. The fourth-order valence-electron chi connectivity index (χ4n) is 3.21. The van der Waals surface area contributed by atoms with Gasteiger partial charge in [-0.25, -0.2) is 4.68 Å². The standard InChI is InChI=1S/C20H20ClN3O2S/c21-15-4-1-5-16(12-15)24-9-8-19(22-24)20(25)23(13-17-6-2-10-26-17)14-18-7-3-11-27-18/h1,3-5,7-9,11-12,17H,2,6,10,13-14H2. The number of thiophene rings is 1. The number of carbonyl (C=O) groups excluding carboxylic acids is 1. The SMILES string of the molecule is O=C(c1ccn(-c2cccc(Cl)c2)n1)N(Cc1cccs1)CC1CCCO1. The predicted octanol–water partition coefficient (Wildman–Crippen LogP) is 4.41. The number of amides is 1.